The van der Waals surface area contributed by atoms with Gasteiger partial charge in [0.2, 0.25) is 0 Å². The molecule has 0 amide bonds. The Hall–Kier alpha value is -2.10. The molecule has 0 aliphatic heterocycles. The third-order valence-corrected chi connectivity index (χ3v) is 3.79. The van der Waals surface area contributed by atoms with Gasteiger partial charge < -0.3 is 10.6 Å². The van der Waals surface area contributed by atoms with E-state index in [1.54, 1.807) is 0 Å². The quantitative estimate of drug-likeness (QED) is 0.860. The van der Waals surface area contributed by atoms with E-state index in [4.69, 9.17) is 0 Å². The van der Waals surface area contributed by atoms with E-state index in [2.05, 4.69) is 58.7 Å². The molecule has 1 heterocycles. The summed E-state index contributed by atoms with van der Waals surface area (Å²) in [6.45, 7) is 4.40. The summed E-state index contributed by atoms with van der Waals surface area (Å²) < 4.78 is 0. The van der Waals surface area contributed by atoms with E-state index in [0.29, 0.717) is 11.8 Å². The zero-order valence-electron chi connectivity index (χ0n) is 12.9. The number of hydrogen-bond acceptors (Lipinski definition) is 4. The number of rotatable bonds is 5. The molecule has 1 aromatic heterocycles. The summed E-state index contributed by atoms with van der Waals surface area (Å²) in [4.78, 5) is 9.16. The van der Waals surface area contributed by atoms with Crippen molar-refractivity contribution in [2.75, 3.05) is 17.7 Å². The maximum Gasteiger partial charge on any atom is 0.136 e. The summed E-state index contributed by atoms with van der Waals surface area (Å²) in [5.41, 5.74) is 2.40. The molecule has 4 nitrogen and oxygen atoms in total. The van der Waals surface area contributed by atoms with Crippen molar-refractivity contribution in [1.29, 1.82) is 0 Å². The van der Waals surface area contributed by atoms with Crippen molar-refractivity contribution >= 4 is 17.3 Å². The third kappa shape index (κ3) is 3.32. The molecular weight excluding hydrogens is 260 g/mol. The monoisotopic (exact) mass is 282 g/mol. The van der Waals surface area contributed by atoms with Crippen LogP contribution in [0.1, 0.15) is 49.9 Å². The van der Waals surface area contributed by atoms with E-state index in [1.165, 1.54) is 18.4 Å². The SMILES string of the molecule is CNc1cc(Nc2ccc(C(C)C)cc2)nc(C2CC2)n1. The van der Waals surface area contributed by atoms with Gasteiger partial charge in [-0.25, -0.2) is 9.97 Å². The molecule has 0 bridgehead atoms. The standard InChI is InChI=1S/C17H22N4/c1-11(2)12-6-8-14(9-7-12)19-16-10-15(18-3)20-17(21-16)13-4-5-13/h6-11,13H,4-5H2,1-3H3,(H2,18,19,20,21). The first kappa shape index (κ1) is 13.9. The van der Waals surface area contributed by atoms with Crippen LogP contribution >= 0.6 is 0 Å². The molecule has 0 radical (unpaired) electrons. The van der Waals surface area contributed by atoms with Crippen LogP contribution in [0.25, 0.3) is 0 Å². The Morgan fingerprint density at radius 2 is 1.71 bits per heavy atom. The van der Waals surface area contributed by atoms with E-state index in [1.807, 2.05) is 13.1 Å². The fourth-order valence-corrected chi connectivity index (χ4v) is 2.28. The first-order valence-electron chi connectivity index (χ1n) is 7.59. The van der Waals surface area contributed by atoms with Crippen molar-refractivity contribution < 1.29 is 0 Å². The molecule has 110 valence electrons. The Morgan fingerprint density at radius 3 is 2.29 bits per heavy atom. The second-order valence-corrected chi connectivity index (χ2v) is 5.92. The lowest BCUT2D eigenvalue weighted by atomic mass is 10.0. The van der Waals surface area contributed by atoms with Crippen LogP contribution in [0.5, 0.6) is 0 Å². The van der Waals surface area contributed by atoms with Crippen LogP contribution in [0.4, 0.5) is 17.3 Å². The molecule has 0 saturated heterocycles. The number of benzene rings is 1. The average molecular weight is 282 g/mol. The van der Waals surface area contributed by atoms with Gasteiger partial charge in [0.15, 0.2) is 0 Å². The van der Waals surface area contributed by atoms with Gasteiger partial charge in [-0.15, -0.1) is 0 Å². The van der Waals surface area contributed by atoms with Crippen LogP contribution in [0.3, 0.4) is 0 Å². The number of nitrogens with one attached hydrogen (secondary N) is 2. The van der Waals surface area contributed by atoms with Gasteiger partial charge in [-0.2, -0.15) is 0 Å². The molecule has 0 unspecified atom stereocenters. The van der Waals surface area contributed by atoms with Gasteiger partial charge in [0.25, 0.3) is 0 Å². The van der Waals surface area contributed by atoms with Gasteiger partial charge in [0.05, 0.1) is 0 Å². The van der Waals surface area contributed by atoms with Crippen LogP contribution < -0.4 is 10.6 Å². The molecule has 3 rings (SSSR count). The molecule has 0 spiro atoms. The van der Waals surface area contributed by atoms with Gasteiger partial charge in [-0.1, -0.05) is 26.0 Å². The van der Waals surface area contributed by atoms with Crippen LogP contribution in [-0.2, 0) is 0 Å². The molecule has 21 heavy (non-hydrogen) atoms. The average Bonchev–Trinajstić information content (AvgIpc) is 3.32. The third-order valence-electron chi connectivity index (χ3n) is 3.79. The normalized spacial score (nSPS) is 14.3. The lowest BCUT2D eigenvalue weighted by molar-refractivity contribution is 0.867. The second kappa shape index (κ2) is 5.72. The van der Waals surface area contributed by atoms with Crippen molar-refractivity contribution in [2.45, 2.75) is 38.5 Å². The molecule has 1 aliphatic carbocycles. The molecule has 4 heteroatoms. The number of nitrogens with zero attached hydrogens (tertiary/aromatic N) is 2. The van der Waals surface area contributed by atoms with E-state index in [-0.39, 0.29) is 0 Å². The van der Waals surface area contributed by atoms with Gasteiger partial charge >= 0.3 is 0 Å². The Balaban J connectivity index is 1.81. The highest BCUT2D eigenvalue weighted by molar-refractivity contribution is 5.59. The molecule has 1 fully saturated rings. The number of hydrogen-bond donors (Lipinski definition) is 2. The largest absolute Gasteiger partial charge is 0.373 e. The second-order valence-electron chi connectivity index (χ2n) is 5.92. The Labute approximate surface area is 126 Å². The van der Waals surface area contributed by atoms with E-state index in [9.17, 15) is 0 Å². The fraction of sp³-hybridized carbons (Fsp3) is 0.412. The first-order valence-corrected chi connectivity index (χ1v) is 7.59. The Kier molecular flexibility index (Phi) is 3.78. The topological polar surface area (TPSA) is 49.8 Å². The Morgan fingerprint density at radius 1 is 1.05 bits per heavy atom. The van der Waals surface area contributed by atoms with Crippen molar-refractivity contribution in [3.63, 3.8) is 0 Å². The highest BCUT2D eigenvalue weighted by atomic mass is 15.1. The molecular formula is C17H22N4. The van der Waals surface area contributed by atoms with Gasteiger partial charge in [-0.05, 0) is 36.5 Å². The fourth-order valence-electron chi connectivity index (χ4n) is 2.28. The molecule has 1 saturated carbocycles. The lowest BCUT2D eigenvalue weighted by Gasteiger charge is -2.11. The molecule has 2 N–H and O–H groups in total. The highest BCUT2D eigenvalue weighted by Gasteiger charge is 2.27. The minimum atomic E-state index is 0.544. The maximum atomic E-state index is 4.63. The molecule has 2 aromatic rings. The lowest BCUT2D eigenvalue weighted by Crippen LogP contribution is -2.03. The molecule has 0 atom stereocenters. The van der Waals surface area contributed by atoms with Crippen LogP contribution in [-0.4, -0.2) is 17.0 Å². The minimum absolute atomic E-state index is 0.544. The summed E-state index contributed by atoms with van der Waals surface area (Å²) in [6.07, 6.45) is 2.41. The van der Waals surface area contributed by atoms with Crippen molar-refractivity contribution in [3.8, 4) is 0 Å². The van der Waals surface area contributed by atoms with Crippen molar-refractivity contribution in [1.82, 2.24) is 9.97 Å². The number of anilines is 3. The van der Waals surface area contributed by atoms with Gasteiger partial charge in [0.1, 0.15) is 17.5 Å². The van der Waals surface area contributed by atoms with Crippen LogP contribution in [0.15, 0.2) is 30.3 Å². The smallest absolute Gasteiger partial charge is 0.136 e. The minimum Gasteiger partial charge on any atom is -0.373 e. The number of aromatic nitrogens is 2. The zero-order chi connectivity index (χ0) is 14.8. The van der Waals surface area contributed by atoms with Crippen molar-refractivity contribution in [3.05, 3.63) is 41.7 Å². The summed E-state index contributed by atoms with van der Waals surface area (Å²) in [6, 6.07) is 10.5. The molecule has 1 aromatic carbocycles. The summed E-state index contributed by atoms with van der Waals surface area (Å²) in [7, 11) is 1.89. The molecule has 1 aliphatic rings. The van der Waals surface area contributed by atoms with Crippen molar-refractivity contribution in [2.24, 2.45) is 0 Å². The first-order chi connectivity index (χ1) is 10.2. The summed E-state index contributed by atoms with van der Waals surface area (Å²) >= 11 is 0. The van der Waals surface area contributed by atoms with Crippen LogP contribution in [0, 0.1) is 0 Å². The highest BCUT2D eigenvalue weighted by Crippen LogP contribution is 2.39. The summed E-state index contributed by atoms with van der Waals surface area (Å²) in [5, 5.41) is 6.49. The van der Waals surface area contributed by atoms with Gasteiger partial charge in [0, 0.05) is 24.7 Å². The van der Waals surface area contributed by atoms with Gasteiger partial charge in [-0.3, -0.25) is 0 Å². The van der Waals surface area contributed by atoms with Crippen LogP contribution in [0.2, 0.25) is 0 Å². The Bertz CT molecular complexity index is 615. The van der Waals surface area contributed by atoms with E-state index in [0.717, 1.165) is 23.1 Å². The van der Waals surface area contributed by atoms with E-state index < -0.39 is 0 Å². The predicted octanol–water partition coefficient (Wildman–Crippen LogP) is 4.26. The summed E-state index contributed by atoms with van der Waals surface area (Å²) in [5.74, 6) is 3.77. The van der Waals surface area contributed by atoms with E-state index >= 15 is 0 Å². The maximum absolute atomic E-state index is 4.63. The zero-order valence-corrected chi connectivity index (χ0v) is 12.9. The predicted molar refractivity (Wildman–Crippen MR) is 87.4 cm³/mol.